The molecule has 2 aromatic carbocycles. The van der Waals surface area contributed by atoms with Crippen LogP contribution in [0.2, 0.25) is 0 Å². The summed E-state index contributed by atoms with van der Waals surface area (Å²) in [5.41, 5.74) is 3.60. The molecule has 0 bridgehead atoms. The monoisotopic (exact) mass is 349 g/mol. The lowest BCUT2D eigenvalue weighted by molar-refractivity contribution is 0.433. The van der Waals surface area contributed by atoms with E-state index >= 15 is 0 Å². The van der Waals surface area contributed by atoms with Gasteiger partial charge >= 0.3 is 0 Å². The largest absolute Gasteiger partial charge is 0.505 e. The van der Waals surface area contributed by atoms with Gasteiger partial charge in [0.15, 0.2) is 17.4 Å². The van der Waals surface area contributed by atoms with Gasteiger partial charge in [0.25, 0.3) is 0 Å². The number of phenolic OH excluding ortho intramolecular Hbond substituents is 1. The van der Waals surface area contributed by atoms with Crippen LogP contribution in [0, 0.1) is 12.7 Å². The van der Waals surface area contributed by atoms with Gasteiger partial charge in [-0.25, -0.2) is 9.07 Å². The highest BCUT2D eigenvalue weighted by Gasteiger charge is 2.11. The number of aryl methyl sites for hydroxylation is 1. The summed E-state index contributed by atoms with van der Waals surface area (Å²) in [6, 6.07) is 14.4. The van der Waals surface area contributed by atoms with E-state index in [1.54, 1.807) is 29.9 Å². The van der Waals surface area contributed by atoms with Gasteiger partial charge < -0.3 is 10.4 Å². The maximum Gasteiger partial charge on any atom is 0.188 e. The van der Waals surface area contributed by atoms with Crippen molar-refractivity contribution in [2.24, 2.45) is 0 Å². The summed E-state index contributed by atoms with van der Waals surface area (Å²) in [7, 11) is 0. The van der Waals surface area contributed by atoms with Crippen molar-refractivity contribution < 1.29 is 9.50 Å². The second kappa shape index (κ2) is 6.36. The molecule has 0 saturated carbocycles. The summed E-state index contributed by atoms with van der Waals surface area (Å²) in [4.78, 5) is 0. The van der Waals surface area contributed by atoms with Crippen LogP contribution in [0.1, 0.15) is 5.56 Å². The Hall–Kier alpha value is -3.61. The van der Waals surface area contributed by atoms with Gasteiger partial charge in [-0.2, -0.15) is 10.2 Å². The van der Waals surface area contributed by atoms with Crippen LogP contribution in [0.5, 0.6) is 5.75 Å². The number of hydrogen-bond donors (Lipinski definition) is 3. The molecule has 130 valence electrons. The molecular formula is C19H16FN5O. The van der Waals surface area contributed by atoms with E-state index in [0.717, 1.165) is 22.5 Å². The van der Waals surface area contributed by atoms with Gasteiger partial charge in [0.1, 0.15) is 0 Å². The third kappa shape index (κ3) is 3.02. The maximum atomic E-state index is 14.0. The fraction of sp³-hybridized carbons (Fsp3) is 0.0526. The van der Waals surface area contributed by atoms with Crippen molar-refractivity contribution in [1.29, 1.82) is 0 Å². The lowest BCUT2D eigenvalue weighted by Gasteiger charge is -2.07. The molecule has 2 heterocycles. The zero-order valence-electron chi connectivity index (χ0n) is 13.9. The first-order valence-corrected chi connectivity index (χ1v) is 8.02. The molecule has 4 aromatic rings. The number of aromatic amines is 1. The Kier molecular flexibility index (Phi) is 3.89. The van der Waals surface area contributed by atoms with E-state index in [4.69, 9.17) is 0 Å². The number of halogens is 1. The summed E-state index contributed by atoms with van der Waals surface area (Å²) < 4.78 is 15.8. The molecule has 3 N–H and O–H groups in total. The Labute approximate surface area is 148 Å². The van der Waals surface area contributed by atoms with Crippen LogP contribution in [0.25, 0.3) is 16.9 Å². The van der Waals surface area contributed by atoms with Gasteiger partial charge in [0, 0.05) is 18.5 Å². The maximum absolute atomic E-state index is 14.0. The van der Waals surface area contributed by atoms with E-state index in [9.17, 15) is 9.50 Å². The highest BCUT2D eigenvalue weighted by molar-refractivity contribution is 5.67. The molecule has 0 aliphatic carbocycles. The number of aromatic nitrogens is 4. The number of nitrogens with zero attached hydrogens (tertiary/aromatic N) is 3. The number of anilines is 2. The summed E-state index contributed by atoms with van der Waals surface area (Å²) in [5, 5.41) is 23.8. The van der Waals surface area contributed by atoms with Crippen LogP contribution in [0.15, 0.2) is 60.9 Å². The smallest absolute Gasteiger partial charge is 0.188 e. The zero-order chi connectivity index (χ0) is 18.1. The molecule has 0 saturated heterocycles. The minimum absolute atomic E-state index is 0.176. The van der Waals surface area contributed by atoms with Crippen LogP contribution in [-0.4, -0.2) is 25.1 Å². The van der Waals surface area contributed by atoms with Gasteiger partial charge in [0.05, 0.1) is 17.1 Å². The zero-order valence-corrected chi connectivity index (χ0v) is 13.9. The Bertz CT molecular complexity index is 1040. The minimum atomic E-state index is -0.705. The molecule has 2 aromatic heterocycles. The van der Waals surface area contributed by atoms with Crippen LogP contribution in [0.4, 0.5) is 15.9 Å². The molecule has 0 amide bonds. The molecule has 7 heteroatoms. The number of rotatable bonds is 4. The van der Waals surface area contributed by atoms with Gasteiger partial charge in [-0.05, 0) is 48.4 Å². The Morgan fingerprint density at radius 3 is 2.69 bits per heavy atom. The summed E-state index contributed by atoms with van der Waals surface area (Å²) in [6.45, 7) is 1.78. The quantitative estimate of drug-likeness (QED) is 0.517. The predicted molar refractivity (Wildman–Crippen MR) is 97.2 cm³/mol. The Morgan fingerprint density at radius 1 is 1.15 bits per heavy atom. The summed E-state index contributed by atoms with van der Waals surface area (Å²) in [5.74, 6) is -0.638. The van der Waals surface area contributed by atoms with Gasteiger partial charge in [0.2, 0.25) is 0 Å². The van der Waals surface area contributed by atoms with E-state index in [1.807, 2.05) is 36.5 Å². The average Bonchev–Trinajstić information content (AvgIpc) is 3.31. The molecular weight excluding hydrogens is 333 g/mol. The summed E-state index contributed by atoms with van der Waals surface area (Å²) in [6.07, 6.45) is 3.60. The number of nitrogens with one attached hydrogen (secondary N) is 2. The molecule has 0 unspecified atom stereocenters. The van der Waals surface area contributed by atoms with Gasteiger partial charge in [-0.1, -0.05) is 12.1 Å². The number of hydrogen-bond acceptors (Lipinski definition) is 4. The molecule has 4 rings (SSSR count). The van der Waals surface area contributed by atoms with E-state index in [1.165, 1.54) is 6.07 Å². The fourth-order valence-corrected chi connectivity index (χ4v) is 2.73. The van der Waals surface area contributed by atoms with Crippen molar-refractivity contribution in [3.63, 3.8) is 0 Å². The standard InChI is InChI=1S/C19H16FN5O/c1-12-9-16(19(20)17(26)10-12)22-18-11-15(23-24-18)13-3-5-14(6-4-13)25-8-2-7-21-25/h2-11,26H,1H3,(H2,22,23,24). The van der Waals surface area contributed by atoms with E-state index in [2.05, 4.69) is 20.6 Å². The topological polar surface area (TPSA) is 78.8 Å². The average molecular weight is 349 g/mol. The normalized spacial score (nSPS) is 10.8. The number of phenols is 1. The SMILES string of the molecule is Cc1cc(O)c(F)c(Nc2cc(-c3ccc(-n4cccn4)cc3)[nH]n2)c1. The first-order valence-electron chi connectivity index (χ1n) is 8.02. The number of H-pyrrole nitrogens is 1. The van der Waals surface area contributed by atoms with Crippen LogP contribution < -0.4 is 5.32 Å². The lowest BCUT2D eigenvalue weighted by atomic mass is 10.1. The molecule has 0 aliphatic heterocycles. The Balaban J connectivity index is 1.57. The predicted octanol–water partition coefficient (Wildman–Crippen LogP) is 4.16. The molecule has 0 radical (unpaired) electrons. The summed E-state index contributed by atoms with van der Waals surface area (Å²) >= 11 is 0. The van der Waals surface area contributed by atoms with Crippen LogP contribution >= 0.6 is 0 Å². The van der Waals surface area contributed by atoms with Crippen LogP contribution in [-0.2, 0) is 0 Å². The highest BCUT2D eigenvalue weighted by atomic mass is 19.1. The van der Waals surface area contributed by atoms with Crippen molar-refractivity contribution in [2.45, 2.75) is 6.92 Å². The second-order valence-corrected chi connectivity index (χ2v) is 5.93. The minimum Gasteiger partial charge on any atom is -0.505 e. The van der Waals surface area contributed by atoms with Crippen molar-refractivity contribution in [3.8, 4) is 22.7 Å². The van der Waals surface area contributed by atoms with Gasteiger partial charge in [-0.3, -0.25) is 5.10 Å². The van der Waals surface area contributed by atoms with Crippen molar-refractivity contribution in [1.82, 2.24) is 20.0 Å². The third-order valence-electron chi connectivity index (χ3n) is 3.99. The third-order valence-corrected chi connectivity index (χ3v) is 3.99. The van der Waals surface area contributed by atoms with Crippen molar-refractivity contribution in [3.05, 3.63) is 72.3 Å². The first-order chi connectivity index (χ1) is 12.6. The number of benzene rings is 2. The van der Waals surface area contributed by atoms with Gasteiger partial charge in [-0.15, -0.1) is 0 Å². The van der Waals surface area contributed by atoms with E-state index < -0.39 is 11.6 Å². The molecule has 6 nitrogen and oxygen atoms in total. The Morgan fingerprint density at radius 2 is 1.96 bits per heavy atom. The highest BCUT2D eigenvalue weighted by Crippen LogP contribution is 2.29. The van der Waals surface area contributed by atoms with E-state index in [0.29, 0.717) is 5.82 Å². The van der Waals surface area contributed by atoms with E-state index in [-0.39, 0.29) is 5.69 Å². The van der Waals surface area contributed by atoms with Crippen molar-refractivity contribution >= 4 is 11.5 Å². The lowest BCUT2D eigenvalue weighted by Crippen LogP contribution is -1.95. The number of aromatic hydroxyl groups is 1. The molecule has 26 heavy (non-hydrogen) atoms. The second-order valence-electron chi connectivity index (χ2n) is 5.93. The molecule has 0 aliphatic rings. The van der Waals surface area contributed by atoms with Crippen molar-refractivity contribution in [2.75, 3.05) is 5.32 Å². The molecule has 0 spiro atoms. The van der Waals surface area contributed by atoms with Crippen LogP contribution in [0.3, 0.4) is 0 Å². The molecule has 0 fully saturated rings. The molecule has 0 atom stereocenters. The fourth-order valence-electron chi connectivity index (χ4n) is 2.73. The first kappa shape index (κ1) is 15.9.